The molecule has 1 aliphatic carbocycles. The third kappa shape index (κ3) is 2.43. The average Bonchev–Trinajstić information content (AvgIpc) is 3.23. The number of aromatic nitrogens is 2. The van der Waals surface area contributed by atoms with Crippen molar-refractivity contribution in [3.05, 3.63) is 41.0 Å². The molecule has 0 unspecified atom stereocenters. The zero-order valence-electron chi connectivity index (χ0n) is 14.0. The Hall–Kier alpha value is -2.34. The molecular formula is C19H20N4OS. The molecule has 25 heavy (non-hydrogen) atoms. The molecule has 0 bridgehead atoms. The van der Waals surface area contributed by atoms with E-state index in [2.05, 4.69) is 19.8 Å². The number of rotatable bonds is 2. The van der Waals surface area contributed by atoms with Crippen LogP contribution in [0.3, 0.4) is 0 Å². The lowest BCUT2D eigenvalue weighted by atomic mass is 10.1. The molecular weight excluding hydrogens is 332 g/mol. The molecule has 6 heteroatoms. The molecule has 3 heterocycles. The van der Waals surface area contributed by atoms with E-state index in [1.165, 1.54) is 28.7 Å². The van der Waals surface area contributed by atoms with Crippen molar-refractivity contribution in [3.8, 4) is 5.75 Å². The summed E-state index contributed by atoms with van der Waals surface area (Å²) >= 11 is 1.84. The molecule has 0 spiro atoms. The summed E-state index contributed by atoms with van der Waals surface area (Å²) in [7, 11) is 0. The van der Waals surface area contributed by atoms with Crippen molar-refractivity contribution in [2.75, 3.05) is 36.0 Å². The Kier molecular flexibility index (Phi) is 3.52. The monoisotopic (exact) mass is 352 g/mol. The molecule has 3 aromatic rings. The van der Waals surface area contributed by atoms with Crippen LogP contribution in [0.2, 0.25) is 0 Å². The fraction of sp³-hybridized carbons (Fsp3) is 0.368. The number of hydrogen-bond donors (Lipinski definition) is 1. The van der Waals surface area contributed by atoms with Crippen LogP contribution in [0, 0.1) is 0 Å². The molecule has 0 saturated carbocycles. The topological polar surface area (TPSA) is 52.5 Å². The van der Waals surface area contributed by atoms with Gasteiger partial charge in [0.05, 0.1) is 11.1 Å². The van der Waals surface area contributed by atoms with Gasteiger partial charge in [0.25, 0.3) is 0 Å². The molecule has 2 aliphatic rings. The maximum Gasteiger partial charge on any atom is 0.141 e. The number of aromatic hydroxyl groups is 1. The fourth-order valence-corrected chi connectivity index (χ4v) is 5.27. The van der Waals surface area contributed by atoms with E-state index < -0.39 is 0 Å². The summed E-state index contributed by atoms with van der Waals surface area (Å²) in [6.45, 7) is 3.58. The predicted octanol–water partition coefficient (Wildman–Crippen LogP) is 3.21. The maximum absolute atomic E-state index is 10.1. The highest BCUT2D eigenvalue weighted by Crippen LogP contribution is 2.40. The van der Waals surface area contributed by atoms with Gasteiger partial charge in [-0.25, -0.2) is 9.97 Å². The summed E-state index contributed by atoms with van der Waals surface area (Å²) < 4.78 is 0. The highest BCUT2D eigenvalue weighted by Gasteiger charge is 2.26. The molecule has 2 aromatic heterocycles. The summed E-state index contributed by atoms with van der Waals surface area (Å²) in [5, 5.41) is 11.4. The third-order valence-corrected chi connectivity index (χ3v) is 6.48. The summed E-state index contributed by atoms with van der Waals surface area (Å²) in [5.74, 6) is 1.46. The average molecular weight is 352 g/mol. The third-order valence-electron chi connectivity index (χ3n) is 5.28. The number of piperazine rings is 1. The minimum absolute atomic E-state index is 0.357. The summed E-state index contributed by atoms with van der Waals surface area (Å²) in [6, 6.07) is 7.58. The first-order valence-corrected chi connectivity index (χ1v) is 9.66. The van der Waals surface area contributed by atoms with Crippen molar-refractivity contribution in [1.82, 2.24) is 9.97 Å². The highest BCUT2D eigenvalue weighted by molar-refractivity contribution is 7.19. The highest BCUT2D eigenvalue weighted by atomic mass is 32.1. The number of fused-ring (bicyclic) bond motifs is 3. The minimum atomic E-state index is 0.357. The van der Waals surface area contributed by atoms with Crippen LogP contribution >= 0.6 is 11.3 Å². The van der Waals surface area contributed by atoms with E-state index in [-0.39, 0.29) is 0 Å². The van der Waals surface area contributed by atoms with Crippen LogP contribution in [-0.4, -0.2) is 41.3 Å². The van der Waals surface area contributed by atoms with Crippen molar-refractivity contribution in [1.29, 1.82) is 0 Å². The van der Waals surface area contributed by atoms with E-state index in [4.69, 9.17) is 0 Å². The number of anilines is 2. The second kappa shape index (κ2) is 5.88. The Bertz CT molecular complexity index is 930. The first-order chi connectivity index (χ1) is 12.3. The summed E-state index contributed by atoms with van der Waals surface area (Å²) in [6.07, 6.45) is 5.32. The van der Waals surface area contributed by atoms with Gasteiger partial charge in [0.1, 0.15) is 22.7 Å². The molecule has 0 atom stereocenters. The second-order valence-electron chi connectivity index (χ2n) is 6.70. The lowest BCUT2D eigenvalue weighted by Crippen LogP contribution is -2.47. The van der Waals surface area contributed by atoms with E-state index >= 15 is 0 Å². The van der Waals surface area contributed by atoms with Crippen LogP contribution in [-0.2, 0) is 12.8 Å². The van der Waals surface area contributed by atoms with Crippen LogP contribution in [0.5, 0.6) is 5.75 Å². The molecule has 5 nitrogen and oxygen atoms in total. The van der Waals surface area contributed by atoms with Crippen LogP contribution in [0.15, 0.2) is 30.6 Å². The van der Waals surface area contributed by atoms with E-state index in [0.717, 1.165) is 48.9 Å². The zero-order valence-corrected chi connectivity index (χ0v) is 14.8. The van der Waals surface area contributed by atoms with Gasteiger partial charge in [-0.15, -0.1) is 11.3 Å². The van der Waals surface area contributed by atoms with Crippen LogP contribution in [0.1, 0.15) is 16.9 Å². The summed E-state index contributed by atoms with van der Waals surface area (Å²) in [5.41, 5.74) is 2.41. The van der Waals surface area contributed by atoms with Gasteiger partial charge < -0.3 is 14.9 Å². The van der Waals surface area contributed by atoms with Crippen LogP contribution in [0.4, 0.5) is 11.5 Å². The molecule has 128 valence electrons. The van der Waals surface area contributed by atoms with E-state index in [1.807, 2.05) is 29.5 Å². The molecule has 5 rings (SSSR count). The predicted molar refractivity (Wildman–Crippen MR) is 102 cm³/mol. The quantitative estimate of drug-likeness (QED) is 0.767. The molecule has 1 aliphatic heterocycles. The van der Waals surface area contributed by atoms with Crippen molar-refractivity contribution >= 4 is 33.1 Å². The number of para-hydroxylation sites is 2. The number of phenols is 1. The maximum atomic E-state index is 10.1. The first-order valence-electron chi connectivity index (χ1n) is 8.84. The van der Waals surface area contributed by atoms with Gasteiger partial charge in [-0.1, -0.05) is 12.1 Å². The van der Waals surface area contributed by atoms with Crippen LogP contribution in [0.25, 0.3) is 10.2 Å². The van der Waals surface area contributed by atoms with Gasteiger partial charge in [0.15, 0.2) is 0 Å². The standard InChI is InChI=1S/C19H20N4OS/c24-15-6-2-1-5-14(15)22-8-10-23(11-9-22)18-17-13-4-3-7-16(13)25-19(17)21-12-20-18/h1-2,5-6,12,24H,3-4,7-11H2. The lowest BCUT2D eigenvalue weighted by molar-refractivity contribution is 0.472. The zero-order chi connectivity index (χ0) is 16.8. The van der Waals surface area contributed by atoms with Crippen molar-refractivity contribution < 1.29 is 5.11 Å². The molecule has 1 fully saturated rings. The lowest BCUT2D eigenvalue weighted by Gasteiger charge is -2.37. The van der Waals surface area contributed by atoms with Crippen molar-refractivity contribution in [3.63, 3.8) is 0 Å². The SMILES string of the molecule is Oc1ccccc1N1CCN(c2ncnc3sc4c(c23)CCC4)CC1. The first kappa shape index (κ1) is 15.0. The number of benzene rings is 1. The number of nitrogens with zero attached hydrogens (tertiary/aromatic N) is 4. The Morgan fingerprint density at radius 1 is 0.960 bits per heavy atom. The fourth-order valence-electron chi connectivity index (χ4n) is 4.04. The number of hydrogen-bond acceptors (Lipinski definition) is 6. The number of thiophene rings is 1. The molecule has 1 saturated heterocycles. The van der Waals surface area contributed by atoms with E-state index in [1.54, 1.807) is 12.4 Å². The normalized spacial score (nSPS) is 17.3. The Morgan fingerprint density at radius 3 is 2.60 bits per heavy atom. The number of aryl methyl sites for hydroxylation is 2. The van der Waals surface area contributed by atoms with Gasteiger partial charge in [-0.05, 0) is 37.0 Å². The largest absolute Gasteiger partial charge is 0.506 e. The Labute approximate surface area is 150 Å². The molecule has 0 amide bonds. The number of phenolic OH excluding ortho intramolecular Hbond substituents is 1. The van der Waals surface area contributed by atoms with Gasteiger partial charge in [0, 0.05) is 31.1 Å². The Balaban J connectivity index is 1.43. The van der Waals surface area contributed by atoms with Crippen molar-refractivity contribution in [2.24, 2.45) is 0 Å². The summed E-state index contributed by atoms with van der Waals surface area (Å²) in [4.78, 5) is 16.4. The molecule has 1 aromatic carbocycles. The van der Waals surface area contributed by atoms with E-state index in [9.17, 15) is 5.11 Å². The van der Waals surface area contributed by atoms with Gasteiger partial charge in [-0.3, -0.25) is 0 Å². The van der Waals surface area contributed by atoms with E-state index in [0.29, 0.717) is 5.75 Å². The molecule has 1 N–H and O–H groups in total. The molecule has 0 radical (unpaired) electrons. The Morgan fingerprint density at radius 2 is 1.76 bits per heavy atom. The van der Waals surface area contributed by atoms with Crippen LogP contribution < -0.4 is 9.80 Å². The second-order valence-corrected chi connectivity index (χ2v) is 7.78. The van der Waals surface area contributed by atoms with Gasteiger partial charge >= 0.3 is 0 Å². The van der Waals surface area contributed by atoms with Crippen molar-refractivity contribution in [2.45, 2.75) is 19.3 Å². The van der Waals surface area contributed by atoms with Gasteiger partial charge in [-0.2, -0.15) is 0 Å². The van der Waals surface area contributed by atoms with Gasteiger partial charge in [0.2, 0.25) is 0 Å². The smallest absolute Gasteiger partial charge is 0.141 e. The minimum Gasteiger partial charge on any atom is -0.506 e.